The highest BCUT2D eigenvalue weighted by Gasteiger charge is 2.23. The van der Waals surface area contributed by atoms with E-state index in [1.165, 1.54) is 21.5 Å². The molecule has 3 nitrogen and oxygen atoms in total. The molecule has 0 aliphatic rings. The van der Waals surface area contributed by atoms with E-state index in [0.29, 0.717) is 0 Å². The summed E-state index contributed by atoms with van der Waals surface area (Å²) in [6.07, 6.45) is 0. The van der Waals surface area contributed by atoms with Crippen LogP contribution in [0.4, 0.5) is 17.1 Å². The summed E-state index contributed by atoms with van der Waals surface area (Å²) in [5, 5.41) is 9.19. The largest absolute Gasteiger partial charge is 0.455 e. The molecule has 12 aromatic rings. The van der Waals surface area contributed by atoms with E-state index in [1.807, 2.05) is 6.07 Å². The smallest absolute Gasteiger partial charge is 0.159 e. The van der Waals surface area contributed by atoms with Gasteiger partial charge in [0.2, 0.25) is 0 Å². The van der Waals surface area contributed by atoms with E-state index in [0.717, 1.165) is 94.3 Å². The molecule has 0 aliphatic carbocycles. The minimum absolute atomic E-state index is 0.847. The van der Waals surface area contributed by atoms with Crippen molar-refractivity contribution >= 4 is 82.5 Å². The molecule has 10 aromatic carbocycles. The van der Waals surface area contributed by atoms with E-state index in [-0.39, 0.29) is 0 Å². The Hall–Kier alpha value is -7.88. The first kappa shape index (κ1) is 33.3. The van der Waals surface area contributed by atoms with E-state index < -0.39 is 0 Å². The maximum atomic E-state index is 7.04. The van der Waals surface area contributed by atoms with E-state index >= 15 is 0 Å². The summed E-state index contributed by atoms with van der Waals surface area (Å²) in [5.41, 5.74) is 13.3. The van der Waals surface area contributed by atoms with Crippen molar-refractivity contribution in [1.82, 2.24) is 0 Å². The SMILES string of the molecule is c1ccc(-c2cccc3c2oc2ccc(-c4ccc(N(c5cc6ccccc6c6ccccc56)c5cccc6c5oc5c(-c7ccccc7)cccc56)cc4)cc23)cc1. The summed E-state index contributed by atoms with van der Waals surface area (Å²) in [6.45, 7) is 0. The summed E-state index contributed by atoms with van der Waals surface area (Å²) in [4.78, 5) is 2.38. The Morgan fingerprint density at radius 3 is 1.54 bits per heavy atom. The van der Waals surface area contributed by atoms with Gasteiger partial charge < -0.3 is 13.7 Å². The van der Waals surface area contributed by atoms with Crippen LogP contribution in [0.15, 0.2) is 221 Å². The summed E-state index contributed by atoms with van der Waals surface area (Å²) in [5.74, 6) is 0. The molecule has 0 aliphatic heterocycles. The highest BCUT2D eigenvalue weighted by atomic mass is 16.3. The highest BCUT2D eigenvalue weighted by Crippen LogP contribution is 2.47. The van der Waals surface area contributed by atoms with Gasteiger partial charge in [0.1, 0.15) is 16.7 Å². The van der Waals surface area contributed by atoms with Crippen molar-refractivity contribution in [3.05, 3.63) is 212 Å². The highest BCUT2D eigenvalue weighted by molar-refractivity contribution is 6.18. The molecule has 276 valence electrons. The second kappa shape index (κ2) is 13.4. The van der Waals surface area contributed by atoms with Crippen LogP contribution in [0.2, 0.25) is 0 Å². The van der Waals surface area contributed by atoms with Gasteiger partial charge in [-0.05, 0) is 74.8 Å². The monoisotopic (exact) mass is 753 g/mol. The van der Waals surface area contributed by atoms with Gasteiger partial charge in [-0.1, -0.05) is 176 Å². The molecule has 0 unspecified atom stereocenters. The van der Waals surface area contributed by atoms with E-state index in [9.17, 15) is 0 Å². The maximum absolute atomic E-state index is 7.04. The van der Waals surface area contributed by atoms with E-state index in [1.54, 1.807) is 0 Å². The molecule has 0 bridgehead atoms. The molecule has 0 spiro atoms. The van der Waals surface area contributed by atoms with Gasteiger partial charge in [0, 0.05) is 43.7 Å². The van der Waals surface area contributed by atoms with E-state index in [2.05, 4.69) is 211 Å². The van der Waals surface area contributed by atoms with Crippen LogP contribution in [0.1, 0.15) is 0 Å². The fraction of sp³-hybridized carbons (Fsp3) is 0. The third kappa shape index (κ3) is 5.36. The molecular weight excluding hydrogens is 719 g/mol. The number of nitrogens with zero attached hydrogens (tertiary/aromatic N) is 1. The van der Waals surface area contributed by atoms with Gasteiger partial charge in [-0.2, -0.15) is 0 Å². The van der Waals surface area contributed by atoms with E-state index in [4.69, 9.17) is 8.83 Å². The zero-order valence-corrected chi connectivity index (χ0v) is 32.0. The van der Waals surface area contributed by atoms with Crippen LogP contribution in [0.5, 0.6) is 0 Å². The van der Waals surface area contributed by atoms with Crippen LogP contribution < -0.4 is 4.90 Å². The molecule has 0 radical (unpaired) electrons. The first-order valence-corrected chi connectivity index (χ1v) is 20.1. The predicted octanol–water partition coefficient (Wildman–Crippen LogP) is 16.3. The molecule has 0 fully saturated rings. The topological polar surface area (TPSA) is 29.5 Å². The Balaban J connectivity index is 1.04. The lowest BCUT2D eigenvalue weighted by atomic mass is 9.98. The zero-order chi connectivity index (χ0) is 38.9. The number of fused-ring (bicyclic) bond motifs is 9. The van der Waals surface area contributed by atoms with Crippen LogP contribution >= 0.6 is 0 Å². The molecule has 0 saturated heterocycles. The molecule has 12 rings (SSSR count). The number of para-hydroxylation sites is 3. The van der Waals surface area contributed by atoms with Gasteiger partial charge in [0.05, 0.1) is 11.4 Å². The quantitative estimate of drug-likeness (QED) is 0.158. The number of anilines is 3. The average Bonchev–Trinajstić information content (AvgIpc) is 3.89. The van der Waals surface area contributed by atoms with Crippen molar-refractivity contribution < 1.29 is 8.83 Å². The van der Waals surface area contributed by atoms with Crippen molar-refractivity contribution in [3.63, 3.8) is 0 Å². The lowest BCUT2D eigenvalue weighted by Crippen LogP contribution is -2.11. The second-order valence-corrected chi connectivity index (χ2v) is 15.2. The lowest BCUT2D eigenvalue weighted by molar-refractivity contribution is 0.670. The summed E-state index contributed by atoms with van der Waals surface area (Å²) < 4.78 is 13.6. The zero-order valence-electron chi connectivity index (χ0n) is 32.0. The van der Waals surface area contributed by atoms with Crippen molar-refractivity contribution in [2.45, 2.75) is 0 Å². The third-order valence-corrected chi connectivity index (χ3v) is 11.9. The normalized spacial score (nSPS) is 11.7. The minimum Gasteiger partial charge on any atom is -0.455 e. The first-order valence-electron chi connectivity index (χ1n) is 20.1. The molecule has 0 N–H and O–H groups in total. The number of furan rings is 2. The Kier molecular flexibility index (Phi) is 7.54. The van der Waals surface area contributed by atoms with Crippen LogP contribution in [0.25, 0.3) is 98.8 Å². The van der Waals surface area contributed by atoms with Crippen LogP contribution in [-0.4, -0.2) is 0 Å². The summed E-state index contributed by atoms with van der Waals surface area (Å²) in [6, 6.07) is 75.5. The van der Waals surface area contributed by atoms with Gasteiger partial charge in [0.15, 0.2) is 5.58 Å². The van der Waals surface area contributed by atoms with Gasteiger partial charge >= 0.3 is 0 Å². The second-order valence-electron chi connectivity index (χ2n) is 15.2. The standard InChI is InChI=1S/C56H35NO2/c1-3-14-37(15-4-1)43-22-12-25-49-50-34-39(30-33-53(50)58-54(43)49)36-28-31-41(32-29-36)57(52-35-40-18-7-8-19-42(40)45-20-9-10-21-46(45)52)51-27-13-26-48-47-24-11-23-44(55(47)59-56(48)51)38-16-5-2-6-17-38/h1-35H. The van der Waals surface area contributed by atoms with Crippen molar-refractivity contribution in [2.24, 2.45) is 0 Å². The molecule has 0 amide bonds. The number of rotatable bonds is 6. The van der Waals surface area contributed by atoms with Crippen LogP contribution in [-0.2, 0) is 0 Å². The molecule has 3 heteroatoms. The Labute approximate surface area is 340 Å². The Bertz CT molecular complexity index is 3540. The third-order valence-electron chi connectivity index (χ3n) is 11.9. The average molecular weight is 754 g/mol. The summed E-state index contributed by atoms with van der Waals surface area (Å²) >= 11 is 0. The fourth-order valence-corrected chi connectivity index (χ4v) is 9.08. The predicted molar refractivity (Wildman–Crippen MR) is 247 cm³/mol. The van der Waals surface area contributed by atoms with Crippen LogP contribution in [0.3, 0.4) is 0 Å². The molecule has 59 heavy (non-hydrogen) atoms. The maximum Gasteiger partial charge on any atom is 0.159 e. The molecule has 0 atom stereocenters. The van der Waals surface area contributed by atoms with Gasteiger partial charge in [0.25, 0.3) is 0 Å². The van der Waals surface area contributed by atoms with Gasteiger partial charge in [-0.3, -0.25) is 0 Å². The Morgan fingerprint density at radius 1 is 0.288 bits per heavy atom. The number of hydrogen-bond donors (Lipinski definition) is 0. The molecule has 2 aromatic heterocycles. The fourth-order valence-electron chi connectivity index (χ4n) is 9.08. The van der Waals surface area contributed by atoms with Gasteiger partial charge in [-0.25, -0.2) is 0 Å². The summed E-state index contributed by atoms with van der Waals surface area (Å²) in [7, 11) is 0. The van der Waals surface area contributed by atoms with Crippen molar-refractivity contribution in [1.29, 1.82) is 0 Å². The lowest BCUT2D eigenvalue weighted by Gasteiger charge is -2.27. The van der Waals surface area contributed by atoms with Crippen LogP contribution in [0, 0.1) is 0 Å². The number of hydrogen-bond acceptors (Lipinski definition) is 3. The Morgan fingerprint density at radius 2 is 0.831 bits per heavy atom. The number of benzene rings is 10. The van der Waals surface area contributed by atoms with Crippen molar-refractivity contribution in [2.75, 3.05) is 4.90 Å². The minimum atomic E-state index is 0.847. The van der Waals surface area contributed by atoms with Gasteiger partial charge in [-0.15, -0.1) is 0 Å². The molecule has 2 heterocycles. The molecular formula is C56H35NO2. The van der Waals surface area contributed by atoms with Crippen molar-refractivity contribution in [3.8, 4) is 33.4 Å². The molecule has 0 saturated carbocycles. The first-order chi connectivity index (χ1) is 29.3.